The normalized spacial score (nSPS) is 16.6. The fourth-order valence-corrected chi connectivity index (χ4v) is 3.69. The number of hydrogen-bond acceptors (Lipinski definition) is 5. The molecule has 0 radical (unpaired) electrons. The van der Waals surface area contributed by atoms with Gasteiger partial charge >= 0.3 is 0 Å². The molecule has 1 unspecified atom stereocenters. The number of aliphatic imine (C=N–C) groups is 1. The van der Waals surface area contributed by atoms with Crippen LogP contribution in [-0.4, -0.2) is 59.6 Å². The van der Waals surface area contributed by atoms with E-state index in [-0.39, 0.29) is 24.0 Å². The summed E-state index contributed by atoms with van der Waals surface area (Å²) in [5.41, 5.74) is 2.58. The number of aromatic nitrogens is 3. The summed E-state index contributed by atoms with van der Waals surface area (Å²) in [7, 11) is 1.98. The third-order valence-corrected chi connectivity index (χ3v) is 5.68. The topological polar surface area (TPSA) is 79.6 Å². The van der Waals surface area contributed by atoms with Gasteiger partial charge in [-0.2, -0.15) is 0 Å². The molecule has 178 valence electrons. The van der Waals surface area contributed by atoms with Crippen molar-refractivity contribution in [2.75, 3.05) is 37.7 Å². The zero-order valence-corrected chi connectivity index (χ0v) is 22.1. The summed E-state index contributed by atoms with van der Waals surface area (Å²) in [5, 5.41) is 15.5. The molecule has 1 aliphatic heterocycles. The van der Waals surface area contributed by atoms with Gasteiger partial charge < -0.3 is 24.8 Å². The zero-order chi connectivity index (χ0) is 22.1. The van der Waals surface area contributed by atoms with Crippen LogP contribution in [0, 0.1) is 13.8 Å². The molecule has 3 rings (SSSR count). The van der Waals surface area contributed by atoms with Gasteiger partial charge in [0.15, 0.2) is 11.8 Å². The molecule has 1 aromatic heterocycles. The largest absolute Gasteiger partial charge is 0.382 e. The molecule has 0 amide bonds. The van der Waals surface area contributed by atoms with Crippen LogP contribution in [0.15, 0.2) is 29.3 Å². The van der Waals surface area contributed by atoms with Crippen LogP contribution in [0.5, 0.6) is 0 Å². The lowest BCUT2D eigenvalue weighted by atomic mass is 10.0. The van der Waals surface area contributed by atoms with Crippen LogP contribution in [0.25, 0.3) is 0 Å². The summed E-state index contributed by atoms with van der Waals surface area (Å²) >= 11 is 0. The molecule has 1 aromatic carbocycles. The number of anilines is 1. The quantitative estimate of drug-likeness (QED) is 0.214. The average molecular weight is 556 g/mol. The molecule has 0 spiro atoms. The number of nitrogens with zero attached hydrogens (tertiary/aromatic N) is 5. The fourth-order valence-electron chi connectivity index (χ4n) is 3.69. The lowest BCUT2D eigenvalue weighted by Crippen LogP contribution is -2.51. The van der Waals surface area contributed by atoms with Gasteiger partial charge in [-0.25, -0.2) is 4.99 Å². The van der Waals surface area contributed by atoms with E-state index < -0.39 is 0 Å². The summed E-state index contributed by atoms with van der Waals surface area (Å²) in [6.45, 7) is 11.0. The van der Waals surface area contributed by atoms with Crippen molar-refractivity contribution in [3.63, 3.8) is 0 Å². The maximum atomic E-state index is 5.46. The van der Waals surface area contributed by atoms with E-state index in [1.54, 1.807) is 0 Å². The molecule has 1 saturated heterocycles. The number of hydrogen-bond donors (Lipinski definition) is 2. The minimum Gasteiger partial charge on any atom is -0.382 e. The highest BCUT2D eigenvalue weighted by Gasteiger charge is 2.21. The fraction of sp³-hybridized carbons (Fsp3) is 0.609. The van der Waals surface area contributed by atoms with Gasteiger partial charge in [0.1, 0.15) is 12.4 Å². The molecule has 1 aliphatic rings. The number of rotatable bonds is 9. The third kappa shape index (κ3) is 7.91. The van der Waals surface area contributed by atoms with Gasteiger partial charge in [0.2, 0.25) is 0 Å². The Morgan fingerprint density at radius 2 is 2.00 bits per heavy atom. The summed E-state index contributed by atoms with van der Waals surface area (Å²) in [4.78, 5) is 7.26. The van der Waals surface area contributed by atoms with Gasteiger partial charge in [-0.05, 0) is 52.2 Å². The molecule has 0 bridgehead atoms. The maximum absolute atomic E-state index is 5.46. The minimum atomic E-state index is 0. The monoisotopic (exact) mass is 555 g/mol. The van der Waals surface area contributed by atoms with Gasteiger partial charge in [-0.1, -0.05) is 17.7 Å². The number of ether oxygens (including phenoxy) is 1. The predicted molar refractivity (Wildman–Crippen MR) is 141 cm³/mol. The minimum absolute atomic E-state index is 0. The number of piperidine rings is 1. The number of nitrogens with one attached hydrogen (secondary N) is 2. The SMILES string of the molecule is CCOCCCNC(=NCc1nnc(C)n1C)NC1CCCN(c2ccc(C)cc2)C1.I. The third-order valence-electron chi connectivity index (χ3n) is 5.68. The van der Waals surface area contributed by atoms with Gasteiger partial charge in [0.25, 0.3) is 0 Å². The molecule has 0 aliphatic carbocycles. The van der Waals surface area contributed by atoms with E-state index in [4.69, 9.17) is 9.73 Å². The van der Waals surface area contributed by atoms with Crippen LogP contribution in [0.2, 0.25) is 0 Å². The second-order valence-corrected chi connectivity index (χ2v) is 8.13. The Labute approximate surface area is 209 Å². The van der Waals surface area contributed by atoms with E-state index in [2.05, 4.69) is 56.9 Å². The number of benzene rings is 1. The molecule has 2 N–H and O–H groups in total. The summed E-state index contributed by atoms with van der Waals surface area (Å²) in [6, 6.07) is 9.14. The summed E-state index contributed by atoms with van der Waals surface area (Å²) < 4.78 is 7.44. The first-order valence-electron chi connectivity index (χ1n) is 11.4. The molecular weight excluding hydrogens is 517 g/mol. The van der Waals surface area contributed by atoms with Crippen molar-refractivity contribution in [1.29, 1.82) is 0 Å². The molecule has 8 nitrogen and oxygen atoms in total. The first kappa shape index (κ1) is 26.4. The Kier molecular flexibility index (Phi) is 11.2. The van der Waals surface area contributed by atoms with E-state index in [1.807, 2.05) is 25.5 Å². The lowest BCUT2D eigenvalue weighted by Gasteiger charge is -2.35. The van der Waals surface area contributed by atoms with Crippen LogP contribution < -0.4 is 15.5 Å². The van der Waals surface area contributed by atoms with E-state index in [0.29, 0.717) is 12.6 Å². The van der Waals surface area contributed by atoms with Crippen LogP contribution in [0.3, 0.4) is 0 Å². The van der Waals surface area contributed by atoms with Crippen LogP contribution in [0.1, 0.15) is 43.4 Å². The highest BCUT2D eigenvalue weighted by Crippen LogP contribution is 2.20. The summed E-state index contributed by atoms with van der Waals surface area (Å²) in [5.74, 6) is 2.58. The maximum Gasteiger partial charge on any atom is 0.191 e. The van der Waals surface area contributed by atoms with E-state index >= 15 is 0 Å². The Morgan fingerprint density at radius 1 is 1.22 bits per heavy atom. The Hall–Kier alpha value is -1.88. The van der Waals surface area contributed by atoms with Crippen LogP contribution >= 0.6 is 24.0 Å². The zero-order valence-electron chi connectivity index (χ0n) is 19.8. The molecule has 2 heterocycles. The van der Waals surface area contributed by atoms with Gasteiger partial charge in [-0.15, -0.1) is 34.2 Å². The Balaban J connectivity index is 0.00000363. The standard InChI is InChI=1S/C23H37N7O.HI/c1-5-31-15-7-13-24-23(25-16-22-28-27-19(3)29(22)4)26-20-8-6-14-30(17-20)21-11-9-18(2)10-12-21;/h9-12,20H,5-8,13-17H2,1-4H3,(H2,24,25,26);1H. The van der Waals surface area contributed by atoms with Crippen molar-refractivity contribution in [3.8, 4) is 0 Å². The van der Waals surface area contributed by atoms with E-state index in [0.717, 1.165) is 69.7 Å². The Bertz CT molecular complexity index is 837. The van der Waals surface area contributed by atoms with Gasteiger partial charge in [-0.3, -0.25) is 0 Å². The predicted octanol–water partition coefficient (Wildman–Crippen LogP) is 3.18. The Morgan fingerprint density at radius 3 is 2.69 bits per heavy atom. The van der Waals surface area contributed by atoms with Crippen molar-refractivity contribution >= 4 is 35.6 Å². The lowest BCUT2D eigenvalue weighted by molar-refractivity contribution is 0.145. The second kappa shape index (κ2) is 13.6. The van der Waals surface area contributed by atoms with Gasteiger partial charge in [0.05, 0.1) is 0 Å². The second-order valence-electron chi connectivity index (χ2n) is 8.13. The van der Waals surface area contributed by atoms with Crippen molar-refractivity contribution in [3.05, 3.63) is 41.5 Å². The number of halogens is 1. The highest BCUT2D eigenvalue weighted by atomic mass is 127. The van der Waals surface area contributed by atoms with Crippen LogP contribution in [-0.2, 0) is 18.3 Å². The van der Waals surface area contributed by atoms with Crippen molar-refractivity contribution < 1.29 is 4.74 Å². The van der Waals surface area contributed by atoms with Crippen molar-refractivity contribution in [2.45, 2.75) is 52.6 Å². The van der Waals surface area contributed by atoms with E-state index in [9.17, 15) is 0 Å². The molecule has 1 atom stereocenters. The van der Waals surface area contributed by atoms with Gasteiger partial charge in [0, 0.05) is 51.6 Å². The van der Waals surface area contributed by atoms with Crippen LogP contribution in [0.4, 0.5) is 5.69 Å². The number of aryl methyl sites for hydroxylation is 2. The van der Waals surface area contributed by atoms with Crippen molar-refractivity contribution in [2.24, 2.45) is 12.0 Å². The highest BCUT2D eigenvalue weighted by molar-refractivity contribution is 14.0. The molecule has 9 heteroatoms. The van der Waals surface area contributed by atoms with Crippen molar-refractivity contribution in [1.82, 2.24) is 25.4 Å². The molecule has 2 aromatic rings. The summed E-state index contributed by atoms with van der Waals surface area (Å²) in [6.07, 6.45) is 3.23. The number of guanidine groups is 1. The molecular formula is C23H38IN7O. The molecule has 1 fully saturated rings. The molecule has 0 saturated carbocycles. The first-order valence-corrected chi connectivity index (χ1v) is 11.4. The smallest absolute Gasteiger partial charge is 0.191 e. The first-order chi connectivity index (χ1) is 15.1. The average Bonchev–Trinajstić information content (AvgIpc) is 3.10. The van der Waals surface area contributed by atoms with E-state index in [1.165, 1.54) is 11.3 Å². The molecule has 32 heavy (non-hydrogen) atoms.